The lowest BCUT2D eigenvalue weighted by Crippen LogP contribution is -2.40. The minimum absolute atomic E-state index is 0.101. The zero-order chi connectivity index (χ0) is 13.3. The molecule has 0 saturated carbocycles. The van der Waals surface area contributed by atoms with Crippen LogP contribution in [0.1, 0.15) is 26.7 Å². The van der Waals surface area contributed by atoms with Crippen LogP contribution >= 0.6 is 15.9 Å². The summed E-state index contributed by atoms with van der Waals surface area (Å²) in [5.41, 5.74) is -0.0151. The molecule has 1 heterocycles. The molecule has 0 bridgehead atoms. The van der Waals surface area contributed by atoms with Crippen LogP contribution in [0.2, 0.25) is 0 Å². The number of halogens is 3. The molecular weight excluding hydrogens is 304 g/mol. The maximum absolute atomic E-state index is 13.7. The molecule has 0 spiro atoms. The van der Waals surface area contributed by atoms with Gasteiger partial charge in [-0.05, 0) is 48.7 Å². The van der Waals surface area contributed by atoms with Gasteiger partial charge in [0.25, 0.3) is 0 Å². The van der Waals surface area contributed by atoms with Gasteiger partial charge in [0.2, 0.25) is 0 Å². The van der Waals surface area contributed by atoms with E-state index in [4.69, 9.17) is 4.74 Å². The van der Waals surface area contributed by atoms with Crippen molar-refractivity contribution in [1.29, 1.82) is 0 Å². The Labute approximate surface area is 114 Å². The molecule has 1 fully saturated rings. The van der Waals surface area contributed by atoms with Crippen LogP contribution in [0.3, 0.4) is 0 Å². The van der Waals surface area contributed by atoms with Gasteiger partial charge in [-0.25, -0.2) is 8.78 Å². The smallest absolute Gasteiger partial charge is 0.147 e. The Kier molecular flexibility index (Phi) is 3.92. The third-order valence-electron chi connectivity index (χ3n) is 3.07. The third-order valence-corrected chi connectivity index (χ3v) is 3.67. The Bertz CT molecular complexity index is 451. The summed E-state index contributed by atoms with van der Waals surface area (Å²) in [4.78, 5) is 0. The molecule has 0 radical (unpaired) electrons. The normalized spacial score (nSPS) is 22.8. The molecule has 1 aromatic rings. The number of hydrogen-bond acceptors (Lipinski definition) is 2. The van der Waals surface area contributed by atoms with Gasteiger partial charge in [-0.1, -0.05) is 0 Å². The standard InChI is InChI=1S/C13H16BrF2NO/c1-13(2)7-8(3-4-18-13)17-12-6-10(15)9(14)5-11(12)16/h5-6,8,17H,3-4,7H2,1-2H3. The fourth-order valence-electron chi connectivity index (χ4n) is 2.21. The van der Waals surface area contributed by atoms with Gasteiger partial charge in [-0.3, -0.25) is 0 Å². The second kappa shape index (κ2) is 5.13. The summed E-state index contributed by atoms with van der Waals surface area (Å²) in [5, 5.41) is 3.06. The maximum Gasteiger partial charge on any atom is 0.147 e. The predicted octanol–water partition coefficient (Wildman–Crippen LogP) is 4.10. The highest BCUT2D eigenvalue weighted by molar-refractivity contribution is 9.10. The lowest BCUT2D eigenvalue weighted by Gasteiger charge is -2.36. The van der Waals surface area contributed by atoms with Gasteiger partial charge in [0.15, 0.2) is 0 Å². The Balaban J connectivity index is 2.12. The Morgan fingerprint density at radius 1 is 1.33 bits per heavy atom. The van der Waals surface area contributed by atoms with Crippen molar-refractivity contribution in [2.45, 2.75) is 38.3 Å². The van der Waals surface area contributed by atoms with Crippen molar-refractivity contribution in [2.24, 2.45) is 0 Å². The number of nitrogens with one attached hydrogen (secondary N) is 1. The molecule has 100 valence electrons. The summed E-state index contributed by atoms with van der Waals surface area (Å²) in [7, 11) is 0. The first-order chi connectivity index (χ1) is 8.37. The van der Waals surface area contributed by atoms with Gasteiger partial charge in [0.1, 0.15) is 11.6 Å². The molecule has 1 aliphatic rings. The van der Waals surface area contributed by atoms with Crippen LogP contribution < -0.4 is 5.32 Å². The van der Waals surface area contributed by atoms with Crippen molar-refractivity contribution in [3.8, 4) is 0 Å². The van der Waals surface area contributed by atoms with Gasteiger partial charge < -0.3 is 10.1 Å². The van der Waals surface area contributed by atoms with E-state index in [0.29, 0.717) is 6.61 Å². The topological polar surface area (TPSA) is 21.3 Å². The monoisotopic (exact) mass is 319 g/mol. The van der Waals surface area contributed by atoms with E-state index >= 15 is 0 Å². The molecule has 5 heteroatoms. The summed E-state index contributed by atoms with van der Waals surface area (Å²) in [6.45, 7) is 4.63. The molecule has 1 saturated heterocycles. The minimum Gasteiger partial charge on any atom is -0.380 e. The summed E-state index contributed by atoms with van der Waals surface area (Å²) in [6.07, 6.45) is 1.56. The number of ether oxygens (including phenoxy) is 1. The SMILES string of the molecule is CC1(C)CC(Nc2cc(F)c(Br)cc2F)CCO1. The summed E-state index contributed by atoms with van der Waals surface area (Å²) < 4.78 is 32.8. The average Bonchev–Trinajstić information content (AvgIpc) is 2.24. The van der Waals surface area contributed by atoms with E-state index in [-0.39, 0.29) is 21.8 Å². The first-order valence-electron chi connectivity index (χ1n) is 5.92. The zero-order valence-electron chi connectivity index (χ0n) is 10.4. The molecule has 1 atom stereocenters. The highest BCUT2D eigenvalue weighted by Crippen LogP contribution is 2.29. The molecule has 1 unspecified atom stereocenters. The van der Waals surface area contributed by atoms with Crippen LogP contribution in [0.4, 0.5) is 14.5 Å². The first-order valence-corrected chi connectivity index (χ1v) is 6.72. The molecule has 1 aliphatic heterocycles. The molecule has 0 aromatic heterocycles. The Morgan fingerprint density at radius 2 is 2.06 bits per heavy atom. The second-order valence-electron chi connectivity index (χ2n) is 5.19. The van der Waals surface area contributed by atoms with Crippen molar-refractivity contribution in [3.63, 3.8) is 0 Å². The number of benzene rings is 1. The van der Waals surface area contributed by atoms with Crippen molar-refractivity contribution >= 4 is 21.6 Å². The molecule has 18 heavy (non-hydrogen) atoms. The van der Waals surface area contributed by atoms with Crippen LogP contribution in [0, 0.1) is 11.6 Å². The van der Waals surface area contributed by atoms with E-state index in [9.17, 15) is 8.78 Å². The van der Waals surface area contributed by atoms with Crippen LogP contribution in [0.15, 0.2) is 16.6 Å². The van der Waals surface area contributed by atoms with Crippen LogP contribution in [-0.4, -0.2) is 18.2 Å². The van der Waals surface area contributed by atoms with Crippen molar-refractivity contribution in [2.75, 3.05) is 11.9 Å². The van der Waals surface area contributed by atoms with Gasteiger partial charge in [0, 0.05) is 18.7 Å². The average molecular weight is 320 g/mol. The fourth-order valence-corrected chi connectivity index (χ4v) is 2.52. The Morgan fingerprint density at radius 3 is 2.72 bits per heavy atom. The second-order valence-corrected chi connectivity index (χ2v) is 6.04. The summed E-state index contributed by atoms with van der Waals surface area (Å²) >= 11 is 2.96. The minimum atomic E-state index is -0.467. The van der Waals surface area contributed by atoms with E-state index in [1.165, 1.54) is 6.07 Å². The lowest BCUT2D eigenvalue weighted by atomic mass is 9.94. The predicted molar refractivity (Wildman–Crippen MR) is 70.7 cm³/mol. The van der Waals surface area contributed by atoms with Gasteiger partial charge >= 0.3 is 0 Å². The number of hydrogen-bond donors (Lipinski definition) is 1. The molecule has 0 amide bonds. The fraction of sp³-hybridized carbons (Fsp3) is 0.538. The van der Waals surface area contributed by atoms with E-state index in [2.05, 4.69) is 21.2 Å². The van der Waals surface area contributed by atoms with Gasteiger partial charge in [-0.15, -0.1) is 0 Å². The molecule has 1 N–H and O–H groups in total. The highest BCUT2D eigenvalue weighted by Gasteiger charge is 2.29. The third kappa shape index (κ3) is 3.20. The molecule has 0 aliphatic carbocycles. The van der Waals surface area contributed by atoms with Crippen molar-refractivity contribution < 1.29 is 13.5 Å². The van der Waals surface area contributed by atoms with Crippen LogP contribution in [-0.2, 0) is 4.74 Å². The number of rotatable bonds is 2. The molecule has 2 rings (SSSR count). The summed E-state index contributed by atoms with van der Waals surface area (Å²) in [6, 6.07) is 2.42. The molecule has 1 aromatic carbocycles. The molecule has 2 nitrogen and oxygen atoms in total. The zero-order valence-corrected chi connectivity index (χ0v) is 12.0. The van der Waals surface area contributed by atoms with Crippen LogP contribution in [0.25, 0.3) is 0 Å². The molecular formula is C13H16BrF2NO. The first kappa shape index (κ1) is 13.7. The van der Waals surface area contributed by atoms with E-state index in [1.807, 2.05) is 13.8 Å². The quantitative estimate of drug-likeness (QED) is 0.829. The Hall–Kier alpha value is -0.680. The number of anilines is 1. The lowest BCUT2D eigenvalue weighted by molar-refractivity contribution is -0.0553. The van der Waals surface area contributed by atoms with Gasteiger partial charge in [0.05, 0.1) is 15.8 Å². The van der Waals surface area contributed by atoms with E-state index in [0.717, 1.165) is 18.9 Å². The van der Waals surface area contributed by atoms with Crippen LogP contribution in [0.5, 0.6) is 0 Å². The van der Waals surface area contributed by atoms with Crippen molar-refractivity contribution in [3.05, 3.63) is 28.2 Å². The van der Waals surface area contributed by atoms with E-state index < -0.39 is 11.6 Å². The van der Waals surface area contributed by atoms with Gasteiger partial charge in [-0.2, -0.15) is 0 Å². The largest absolute Gasteiger partial charge is 0.380 e. The maximum atomic E-state index is 13.7. The summed E-state index contributed by atoms with van der Waals surface area (Å²) in [5.74, 6) is -0.919. The van der Waals surface area contributed by atoms with Crippen molar-refractivity contribution in [1.82, 2.24) is 0 Å². The highest BCUT2D eigenvalue weighted by atomic mass is 79.9. The van der Waals surface area contributed by atoms with E-state index in [1.54, 1.807) is 0 Å².